The third-order valence-corrected chi connectivity index (χ3v) is 4.80. The van der Waals surface area contributed by atoms with Crippen LogP contribution in [0.4, 0.5) is 0 Å². The molecular weight excluding hydrogens is 158 g/mol. The standard InChI is InChI=1S/C7H19NO2Si/c1-7(2)5-11(4,9-3)10-6-8/h7H,5-6,8H2,1-4H3. The van der Waals surface area contributed by atoms with E-state index in [1.807, 2.05) is 6.55 Å². The van der Waals surface area contributed by atoms with Crippen molar-refractivity contribution < 1.29 is 8.85 Å². The quantitative estimate of drug-likeness (QED) is 0.508. The smallest absolute Gasteiger partial charge is 0.335 e. The van der Waals surface area contributed by atoms with E-state index in [9.17, 15) is 0 Å². The van der Waals surface area contributed by atoms with E-state index in [2.05, 4.69) is 13.8 Å². The van der Waals surface area contributed by atoms with Crippen molar-refractivity contribution in [3.05, 3.63) is 0 Å². The third kappa shape index (κ3) is 4.52. The lowest BCUT2D eigenvalue weighted by Gasteiger charge is -2.25. The molecule has 11 heavy (non-hydrogen) atoms. The molecule has 2 N–H and O–H groups in total. The maximum absolute atomic E-state index is 5.38. The van der Waals surface area contributed by atoms with Gasteiger partial charge in [-0.1, -0.05) is 13.8 Å². The summed E-state index contributed by atoms with van der Waals surface area (Å²) in [4.78, 5) is 0. The lowest BCUT2D eigenvalue weighted by molar-refractivity contribution is 0.206. The highest BCUT2D eigenvalue weighted by Gasteiger charge is 2.30. The van der Waals surface area contributed by atoms with Crippen LogP contribution in [0.3, 0.4) is 0 Å². The van der Waals surface area contributed by atoms with Crippen LogP contribution in [-0.4, -0.2) is 22.4 Å². The summed E-state index contributed by atoms with van der Waals surface area (Å²) in [5, 5.41) is 0. The zero-order valence-corrected chi connectivity index (χ0v) is 8.89. The molecule has 3 nitrogen and oxygen atoms in total. The molecule has 0 spiro atoms. The molecule has 1 atom stereocenters. The first-order valence-electron chi connectivity index (χ1n) is 3.93. The first-order chi connectivity index (χ1) is 5.04. The Morgan fingerprint density at radius 1 is 1.45 bits per heavy atom. The van der Waals surface area contributed by atoms with Gasteiger partial charge in [-0.15, -0.1) is 0 Å². The van der Waals surface area contributed by atoms with Gasteiger partial charge in [0.2, 0.25) is 0 Å². The average Bonchev–Trinajstić information content (AvgIpc) is 1.87. The maximum Gasteiger partial charge on any atom is 0.335 e. The van der Waals surface area contributed by atoms with Gasteiger partial charge in [0, 0.05) is 7.11 Å². The molecule has 0 aliphatic heterocycles. The van der Waals surface area contributed by atoms with Gasteiger partial charge in [-0.2, -0.15) is 0 Å². The molecule has 0 aromatic rings. The molecule has 0 saturated heterocycles. The van der Waals surface area contributed by atoms with Crippen LogP contribution in [-0.2, 0) is 8.85 Å². The van der Waals surface area contributed by atoms with Gasteiger partial charge in [0.05, 0.1) is 6.73 Å². The van der Waals surface area contributed by atoms with Crippen molar-refractivity contribution in [2.45, 2.75) is 26.4 Å². The SMILES string of the molecule is CO[Si](C)(CC(C)C)OCN. The lowest BCUT2D eigenvalue weighted by atomic mass is 10.3. The molecule has 4 heteroatoms. The summed E-state index contributed by atoms with van der Waals surface area (Å²) >= 11 is 0. The minimum absolute atomic E-state index is 0.267. The predicted octanol–water partition coefficient (Wildman–Crippen LogP) is 1.29. The van der Waals surface area contributed by atoms with Crippen LogP contribution in [0.15, 0.2) is 0 Å². The Morgan fingerprint density at radius 3 is 2.27 bits per heavy atom. The summed E-state index contributed by atoms with van der Waals surface area (Å²) in [6, 6.07) is 1.00. The van der Waals surface area contributed by atoms with Gasteiger partial charge < -0.3 is 14.6 Å². The number of rotatable bonds is 5. The summed E-state index contributed by atoms with van der Waals surface area (Å²) in [6.07, 6.45) is 0. The summed E-state index contributed by atoms with van der Waals surface area (Å²) in [6.45, 7) is 6.62. The highest BCUT2D eigenvalue weighted by atomic mass is 28.4. The maximum atomic E-state index is 5.38. The van der Waals surface area contributed by atoms with Gasteiger partial charge in [-0.3, -0.25) is 0 Å². The van der Waals surface area contributed by atoms with Gasteiger partial charge >= 0.3 is 8.56 Å². The molecule has 0 fully saturated rings. The zero-order chi connectivity index (χ0) is 8.91. The Labute approximate surface area is 70.1 Å². The number of nitrogens with two attached hydrogens (primary N) is 1. The Kier molecular flexibility index (Phi) is 4.91. The molecule has 0 amide bonds. The molecular formula is C7H19NO2Si. The van der Waals surface area contributed by atoms with E-state index in [4.69, 9.17) is 14.6 Å². The Morgan fingerprint density at radius 2 is 2.00 bits per heavy atom. The van der Waals surface area contributed by atoms with Crippen molar-refractivity contribution in [2.24, 2.45) is 11.7 Å². The second-order valence-electron chi connectivity index (χ2n) is 3.25. The lowest BCUT2D eigenvalue weighted by Crippen LogP contribution is -2.40. The molecule has 0 saturated carbocycles. The van der Waals surface area contributed by atoms with Crippen LogP contribution in [0.5, 0.6) is 0 Å². The summed E-state index contributed by atoms with van der Waals surface area (Å²) < 4.78 is 10.7. The van der Waals surface area contributed by atoms with E-state index in [1.165, 1.54) is 0 Å². The number of hydrogen-bond acceptors (Lipinski definition) is 3. The fourth-order valence-corrected chi connectivity index (χ4v) is 3.36. The predicted molar refractivity (Wildman–Crippen MR) is 48.4 cm³/mol. The van der Waals surface area contributed by atoms with Crippen molar-refractivity contribution in [3.8, 4) is 0 Å². The fourth-order valence-electron chi connectivity index (χ4n) is 1.12. The molecule has 0 radical (unpaired) electrons. The highest BCUT2D eigenvalue weighted by Crippen LogP contribution is 2.17. The second kappa shape index (κ2) is 4.87. The van der Waals surface area contributed by atoms with Crippen LogP contribution in [0.25, 0.3) is 0 Å². The minimum Gasteiger partial charge on any atom is -0.398 e. The second-order valence-corrected chi connectivity index (χ2v) is 6.62. The zero-order valence-electron chi connectivity index (χ0n) is 7.89. The molecule has 68 valence electrons. The van der Waals surface area contributed by atoms with E-state index in [-0.39, 0.29) is 6.73 Å². The van der Waals surface area contributed by atoms with Crippen molar-refractivity contribution in [1.29, 1.82) is 0 Å². The Balaban J connectivity index is 3.87. The molecule has 1 unspecified atom stereocenters. The van der Waals surface area contributed by atoms with E-state index in [0.29, 0.717) is 5.92 Å². The van der Waals surface area contributed by atoms with E-state index >= 15 is 0 Å². The summed E-state index contributed by atoms with van der Waals surface area (Å²) in [5.74, 6) is 0.609. The molecule has 0 aliphatic rings. The van der Waals surface area contributed by atoms with E-state index < -0.39 is 8.56 Å². The summed E-state index contributed by atoms with van der Waals surface area (Å²) in [5.41, 5.74) is 5.30. The third-order valence-electron chi connectivity index (χ3n) is 1.60. The normalized spacial score (nSPS) is 16.9. The van der Waals surface area contributed by atoms with Gasteiger partial charge in [0.1, 0.15) is 0 Å². The van der Waals surface area contributed by atoms with Crippen LogP contribution >= 0.6 is 0 Å². The first kappa shape index (κ1) is 11.1. The average molecular weight is 177 g/mol. The van der Waals surface area contributed by atoms with Gasteiger partial charge in [-0.25, -0.2) is 0 Å². The van der Waals surface area contributed by atoms with E-state index in [0.717, 1.165) is 6.04 Å². The molecule has 0 rings (SSSR count). The largest absolute Gasteiger partial charge is 0.398 e. The van der Waals surface area contributed by atoms with Crippen LogP contribution < -0.4 is 5.73 Å². The molecule has 0 aliphatic carbocycles. The topological polar surface area (TPSA) is 44.5 Å². The van der Waals surface area contributed by atoms with E-state index in [1.54, 1.807) is 7.11 Å². The molecule has 0 bridgehead atoms. The highest BCUT2D eigenvalue weighted by molar-refractivity contribution is 6.66. The number of hydrogen-bond donors (Lipinski definition) is 1. The summed E-state index contributed by atoms with van der Waals surface area (Å²) in [7, 11) is -0.213. The van der Waals surface area contributed by atoms with Crippen LogP contribution in [0.1, 0.15) is 13.8 Å². The Hall–Kier alpha value is 0.0969. The van der Waals surface area contributed by atoms with Crippen molar-refractivity contribution in [2.75, 3.05) is 13.8 Å². The van der Waals surface area contributed by atoms with Crippen molar-refractivity contribution in [1.82, 2.24) is 0 Å². The molecule has 0 heterocycles. The minimum atomic E-state index is -1.91. The monoisotopic (exact) mass is 177 g/mol. The fraction of sp³-hybridized carbons (Fsp3) is 1.00. The Bertz CT molecular complexity index is 111. The molecule has 0 aromatic heterocycles. The first-order valence-corrected chi connectivity index (χ1v) is 6.45. The van der Waals surface area contributed by atoms with Crippen LogP contribution in [0.2, 0.25) is 12.6 Å². The van der Waals surface area contributed by atoms with Crippen molar-refractivity contribution in [3.63, 3.8) is 0 Å². The van der Waals surface area contributed by atoms with Gasteiger partial charge in [-0.05, 0) is 18.5 Å². The van der Waals surface area contributed by atoms with Crippen molar-refractivity contribution >= 4 is 8.56 Å². The van der Waals surface area contributed by atoms with Crippen LogP contribution in [0, 0.1) is 5.92 Å². The molecule has 0 aromatic carbocycles. The van der Waals surface area contributed by atoms with Gasteiger partial charge in [0.25, 0.3) is 0 Å². The van der Waals surface area contributed by atoms with Gasteiger partial charge in [0.15, 0.2) is 0 Å².